The highest BCUT2D eigenvalue weighted by Crippen LogP contribution is 1.93. The van der Waals surface area contributed by atoms with E-state index in [0.717, 1.165) is 39.1 Å². The summed E-state index contributed by atoms with van der Waals surface area (Å²) in [5.74, 6) is -1.35. The number of carbonyl (C=O) groups is 2. The average molecular weight is 274 g/mol. The first-order valence-corrected chi connectivity index (χ1v) is 6.45. The van der Waals surface area contributed by atoms with Gasteiger partial charge in [-0.3, -0.25) is 0 Å². The number of carbonyl (C=O) groups excluding carboxylic acids is 1. The van der Waals surface area contributed by atoms with E-state index in [1.54, 1.807) is 0 Å². The molecule has 2 amide bonds. The van der Waals surface area contributed by atoms with Crippen molar-refractivity contribution < 1.29 is 19.8 Å². The number of piperazine rings is 1. The lowest BCUT2D eigenvalue weighted by Gasteiger charge is -2.27. The number of aliphatic carboxylic acids is 1. The molecule has 1 rings (SSSR count). The smallest absolute Gasteiger partial charge is 0.334 e. The topological polar surface area (TPSA) is 114 Å². The maximum absolute atomic E-state index is 11.3. The third-order valence-corrected chi connectivity index (χ3v) is 2.89. The van der Waals surface area contributed by atoms with Gasteiger partial charge in [0.15, 0.2) is 6.10 Å². The quantitative estimate of drug-likeness (QED) is 0.344. The molecule has 0 unspecified atom stereocenters. The standard InChI is InChI=1S/C11H22N4O4/c16-9(10(17)18)8-14-11(19)13-2-1-5-15-6-3-12-4-7-15/h9,12,16H,1-8H2,(H,17,18)(H2,13,14,19)/t9-/m0/s1. The Balaban J connectivity index is 1.99. The van der Waals surface area contributed by atoms with Crippen LogP contribution in [-0.4, -0.2) is 79.0 Å². The summed E-state index contributed by atoms with van der Waals surface area (Å²) in [5, 5.41) is 25.6. The molecule has 1 fully saturated rings. The van der Waals surface area contributed by atoms with Crippen molar-refractivity contribution in [1.29, 1.82) is 0 Å². The number of rotatable bonds is 7. The number of nitrogens with one attached hydrogen (secondary N) is 3. The number of carboxylic acid groups (broad SMARTS) is 1. The van der Waals surface area contributed by atoms with Crippen molar-refractivity contribution in [2.24, 2.45) is 0 Å². The molecule has 0 spiro atoms. The monoisotopic (exact) mass is 274 g/mol. The fourth-order valence-electron chi connectivity index (χ4n) is 1.78. The van der Waals surface area contributed by atoms with Crippen LogP contribution in [0.4, 0.5) is 4.79 Å². The van der Waals surface area contributed by atoms with E-state index in [1.807, 2.05) is 0 Å². The Kier molecular flexibility index (Phi) is 7.16. The lowest BCUT2D eigenvalue weighted by atomic mass is 10.3. The highest BCUT2D eigenvalue weighted by molar-refractivity contribution is 5.76. The van der Waals surface area contributed by atoms with E-state index in [9.17, 15) is 9.59 Å². The van der Waals surface area contributed by atoms with Crippen LogP contribution in [0.3, 0.4) is 0 Å². The number of nitrogens with zero attached hydrogens (tertiary/aromatic N) is 1. The van der Waals surface area contributed by atoms with E-state index in [0.29, 0.717) is 6.54 Å². The van der Waals surface area contributed by atoms with Crippen LogP contribution in [0.5, 0.6) is 0 Å². The summed E-state index contributed by atoms with van der Waals surface area (Å²) < 4.78 is 0. The fourth-order valence-corrected chi connectivity index (χ4v) is 1.78. The SMILES string of the molecule is O=C(NCCCN1CCNCC1)NC[C@H](O)C(=O)O. The third-order valence-electron chi connectivity index (χ3n) is 2.89. The van der Waals surface area contributed by atoms with Gasteiger partial charge in [0, 0.05) is 32.7 Å². The molecule has 1 saturated heterocycles. The van der Waals surface area contributed by atoms with E-state index < -0.39 is 18.1 Å². The van der Waals surface area contributed by atoms with Gasteiger partial charge < -0.3 is 31.1 Å². The maximum Gasteiger partial charge on any atom is 0.334 e. The molecule has 1 atom stereocenters. The number of hydrogen-bond acceptors (Lipinski definition) is 5. The number of aliphatic hydroxyl groups is 1. The first-order valence-electron chi connectivity index (χ1n) is 6.45. The summed E-state index contributed by atoms with van der Waals surface area (Å²) in [7, 11) is 0. The minimum Gasteiger partial charge on any atom is -0.479 e. The zero-order chi connectivity index (χ0) is 14.1. The summed E-state index contributed by atoms with van der Waals surface area (Å²) in [6.45, 7) is 5.22. The van der Waals surface area contributed by atoms with E-state index in [1.165, 1.54) is 0 Å². The van der Waals surface area contributed by atoms with Gasteiger partial charge in [-0.2, -0.15) is 0 Å². The molecular weight excluding hydrogens is 252 g/mol. The number of aliphatic hydroxyl groups excluding tert-OH is 1. The van der Waals surface area contributed by atoms with Gasteiger partial charge in [0.25, 0.3) is 0 Å². The Hall–Kier alpha value is -1.38. The van der Waals surface area contributed by atoms with Gasteiger partial charge in [0.1, 0.15) is 0 Å². The molecule has 5 N–H and O–H groups in total. The highest BCUT2D eigenvalue weighted by Gasteiger charge is 2.13. The normalized spacial score (nSPS) is 17.7. The Morgan fingerprint density at radius 1 is 1.26 bits per heavy atom. The molecule has 0 aromatic carbocycles. The molecule has 19 heavy (non-hydrogen) atoms. The van der Waals surface area contributed by atoms with Crippen LogP contribution in [0, 0.1) is 0 Å². The predicted octanol–water partition coefficient (Wildman–Crippen LogP) is -1.97. The second kappa shape index (κ2) is 8.68. The summed E-state index contributed by atoms with van der Waals surface area (Å²) in [6, 6.07) is -0.458. The van der Waals surface area contributed by atoms with E-state index in [2.05, 4.69) is 20.9 Å². The highest BCUT2D eigenvalue weighted by atomic mass is 16.4. The van der Waals surface area contributed by atoms with Crippen molar-refractivity contribution in [3.8, 4) is 0 Å². The van der Waals surface area contributed by atoms with E-state index in [-0.39, 0.29) is 6.54 Å². The molecule has 8 heteroatoms. The van der Waals surface area contributed by atoms with Crippen LogP contribution in [-0.2, 0) is 4.79 Å². The lowest BCUT2D eigenvalue weighted by Crippen LogP contribution is -2.45. The van der Waals surface area contributed by atoms with Crippen LogP contribution in [0.15, 0.2) is 0 Å². The van der Waals surface area contributed by atoms with Gasteiger partial charge >= 0.3 is 12.0 Å². The second-order valence-corrected chi connectivity index (χ2v) is 4.44. The van der Waals surface area contributed by atoms with Crippen molar-refractivity contribution in [3.05, 3.63) is 0 Å². The van der Waals surface area contributed by atoms with Crippen LogP contribution >= 0.6 is 0 Å². The first-order chi connectivity index (χ1) is 9.09. The molecule has 0 bridgehead atoms. The molecule has 0 aromatic rings. The maximum atomic E-state index is 11.3. The van der Waals surface area contributed by atoms with Crippen molar-refractivity contribution in [1.82, 2.24) is 20.9 Å². The van der Waals surface area contributed by atoms with Crippen molar-refractivity contribution >= 4 is 12.0 Å². The Morgan fingerprint density at radius 2 is 1.95 bits per heavy atom. The minimum atomic E-state index is -1.56. The fraction of sp³-hybridized carbons (Fsp3) is 0.818. The van der Waals surface area contributed by atoms with Crippen molar-refractivity contribution in [2.75, 3.05) is 45.8 Å². The largest absolute Gasteiger partial charge is 0.479 e. The molecule has 8 nitrogen and oxygen atoms in total. The summed E-state index contributed by atoms with van der Waals surface area (Å²) in [5.41, 5.74) is 0. The first kappa shape index (κ1) is 15.7. The summed E-state index contributed by atoms with van der Waals surface area (Å²) in [6.07, 6.45) is -0.721. The molecule has 1 heterocycles. The number of amides is 2. The van der Waals surface area contributed by atoms with Gasteiger partial charge in [-0.25, -0.2) is 9.59 Å². The number of urea groups is 1. The molecule has 0 radical (unpaired) electrons. The van der Waals surface area contributed by atoms with Crippen LogP contribution < -0.4 is 16.0 Å². The molecule has 110 valence electrons. The molecule has 1 aliphatic rings. The van der Waals surface area contributed by atoms with Crippen LogP contribution in [0.2, 0.25) is 0 Å². The van der Waals surface area contributed by atoms with Crippen LogP contribution in [0.25, 0.3) is 0 Å². The van der Waals surface area contributed by atoms with Gasteiger partial charge in [-0.15, -0.1) is 0 Å². The van der Waals surface area contributed by atoms with Gasteiger partial charge in [-0.05, 0) is 13.0 Å². The number of carboxylic acids is 1. The van der Waals surface area contributed by atoms with Crippen LogP contribution in [0.1, 0.15) is 6.42 Å². The summed E-state index contributed by atoms with van der Waals surface area (Å²) in [4.78, 5) is 23.9. The van der Waals surface area contributed by atoms with Gasteiger partial charge in [0.05, 0.1) is 6.54 Å². The third kappa shape index (κ3) is 6.94. The minimum absolute atomic E-state index is 0.293. The second-order valence-electron chi connectivity index (χ2n) is 4.44. The molecule has 0 saturated carbocycles. The molecule has 0 aromatic heterocycles. The number of hydrogen-bond donors (Lipinski definition) is 5. The Morgan fingerprint density at radius 3 is 2.58 bits per heavy atom. The summed E-state index contributed by atoms with van der Waals surface area (Å²) >= 11 is 0. The lowest BCUT2D eigenvalue weighted by molar-refractivity contribution is -0.146. The average Bonchev–Trinajstić information content (AvgIpc) is 2.42. The Bertz CT molecular complexity index is 294. The molecular formula is C11H22N4O4. The molecule has 0 aliphatic carbocycles. The van der Waals surface area contributed by atoms with Crippen molar-refractivity contribution in [3.63, 3.8) is 0 Å². The zero-order valence-electron chi connectivity index (χ0n) is 10.9. The van der Waals surface area contributed by atoms with Gasteiger partial charge in [-0.1, -0.05) is 0 Å². The predicted molar refractivity (Wildman–Crippen MR) is 69.0 cm³/mol. The van der Waals surface area contributed by atoms with Crippen molar-refractivity contribution in [2.45, 2.75) is 12.5 Å². The zero-order valence-corrected chi connectivity index (χ0v) is 10.9. The van der Waals surface area contributed by atoms with E-state index in [4.69, 9.17) is 10.2 Å². The van der Waals surface area contributed by atoms with E-state index >= 15 is 0 Å². The van der Waals surface area contributed by atoms with Gasteiger partial charge in [0.2, 0.25) is 0 Å². The molecule has 1 aliphatic heterocycles. The Labute approximate surface area is 112 Å².